The molecular formula is C19H20F3N3O6S. The predicted octanol–water partition coefficient (Wildman–Crippen LogP) is 2.01. The van der Waals surface area contributed by atoms with Crippen molar-refractivity contribution < 1.29 is 40.7 Å². The maximum Gasteiger partial charge on any atom is 0.402 e. The van der Waals surface area contributed by atoms with Gasteiger partial charge in [0, 0.05) is 11.1 Å². The maximum absolute atomic E-state index is 12.3. The van der Waals surface area contributed by atoms with E-state index >= 15 is 0 Å². The van der Waals surface area contributed by atoms with Crippen LogP contribution >= 0.6 is 0 Å². The molecule has 32 heavy (non-hydrogen) atoms. The Bertz CT molecular complexity index is 1090. The molecule has 0 radical (unpaired) electrons. The summed E-state index contributed by atoms with van der Waals surface area (Å²) in [4.78, 5) is 24.0. The van der Waals surface area contributed by atoms with E-state index in [0.717, 1.165) is 12.1 Å². The van der Waals surface area contributed by atoms with E-state index in [2.05, 4.69) is 10.9 Å². The van der Waals surface area contributed by atoms with Gasteiger partial charge in [-0.05, 0) is 43.3 Å². The van der Waals surface area contributed by atoms with E-state index < -0.39 is 39.5 Å². The third kappa shape index (κ3) is 6.85. The second-order valence-corrected chi connectivity index (χ2v) is 7.94. The molecule has 0 heterocycles. The molecule has 0 unspecified atom stereocenters. The fourth-order valence-electron chi connectivity index (χ4n) is 2.41. The highest BCUT2D eigenvalue weighted by atomic mass is 32.2. The zero-order valence-electron chi connectivity index (χ0n) is 16.9. The van der Waals surface area contributed by atoms with Crippen LogP contribution < -0.4 is 25.0 Å². The standard InChI is InChI=1S/C19H20F3N3O6S/c1-3-31-15-8-7-13(10-16(15)30-2)18(27)25-24-17(26)12-5-4-6-14(9-12)32(28,29)23-11-19(20,21)22/h4-10,23H,3,11H2,1-2H3,(H,24,26)(H,25,27). The van der Waals surface area contributed by atoms with Crippen molar-refractivity contribution in [3.8, 4) is 11.5 Å². The van der Waals surface area contributed by atoms with Crippen LogP contribution in [-0.2, 0) is 10.0 Å². The maximum atomic E-state index is 12.3. The minimum absolute atomic E-state index is 0.137. The Kier molecular flexibility index (Phi) is 8.05. The molecule has 3 N–H and O–H groups in total. The second-order valence-electron chi connectivity index (χ2n) is 6.17. The second kappa shape index (κ2) is 10.3. The molecule has 0 saturated carbocycles. The van der Waals surface area contributed by atoms with E-state index in [4.69, 9.17) is 9.47 Å². The normalized spacial score (nSPS) is 11.5. The number of carbonyl (C=O) groups is 2. The molecule has 2 aromatic carbocycles. The summed E-state index contributed by atoms with van der Waals surface area (Å²) in [6.45, 7) is 0.411. The fraction of sp³-hybridized carbons (Fsp3) is 0.263. The lowest BCUT2D eigenvalue weighted by molar-refractivity contribution is -0.121. The summed E-state index contributed by atoms with van der Waals surface area (Å²) in [6.07, 6.45) is -4.74. The monoisotopic (exact) mass is 475 g/mol. The van der Waals surface area contributed by atoms with E-state index in [1.165, 1.54) is 42.2 Å². The lowest BCUT2D eigenvalue weighted by Gasteiger charge is -2.12. The average Bonchev–Trinajstić information content (AvgIpc) is 2.76. The average molecular weight is 475 g/mol. The van der Waals surface area contributed by atoms with Gasteiger partial charge in [0.25, 0.3) is 11.8 Å². The van der Waals surface area contributed by atoms with Crippen molar-refractivity contribution in [2.45, 2.75) is 18.0 Å². The molecule has 2 aromatic rings. The van der Waals surface area contributed by atoms with Crippen LogP contribution in [0.2, 0.25) is 0 Å². The molecule has 0 atom stereocenters. The Labute approximate surface area is 181 Å². The first-order valence-corrected chi connectivity index (χ1v) is 10.5. The molecule has 0 spiro atoms. The van der Waals surface area contributed by atoms with Gasteiger partial charge in [-0.25, -0.2) is 13.1 Å². The van der Waals surface area contributed by atoms with Crippen LogP contribution in [0.4, 0.5) is 13.2 Å². The van der Waals surface area contributed by atoms with Gasteiger partial charge in [-0.3, -0.25) is 20.4 Å². The van der Waals surface area contributed by atoms with Crippen molar-refractivity contribution in [3.05, 3.63) is 53.6 Å². The number of ether oxygens (including phenoxy) is 2. The molecule has 0 aromatic heterocycles. The van der Waals surface area contributed by atoms with Crippen LogP contribution in [-0.4, -0.2) is 46.7 Å². The van der Waals surface area contributed by atoms with Gasteiger partial charge < -0.3 is 9.47 Å². The number of hydrogen-bond acceptors (Lipinski definition) is 6. The van der Waals surface area contributed by atoms with E-state index in [0.29, 0.717) is 18.1 Å². The molecule has 0 saturated heterocycles. The number of hydrazine groups is 1. The number of carbonyl (C=O) groups excluding carboxylic acids is 2. The third-order valence-electron chi connectivity index (χ3n) is 3.88. The molecular weight excluding hydrogens is 455 g/mol. The molecule has 2 amide bonds. The topological polar surface area (TPSA) is 123 Å². The quantitative estimate of drug-likeness (QED) is 0.502. The van der Waals surface area contributed by atoms with E-state index in [1.54, 1.807) is 6.92 Å². The number of alkyl halides is 3. The number of rotatable bonds is 8. The molecule has 9 nitrogen and oxygen atoms in total. The van der Waals surface area contributed by atoms with Gasteiger partial charge in [0.15, 0.2) is 11.5 Å². The predicted molar refractivity (Wildman–Crippen MR) is 107 cm³/mol. The third-order valence-corrected chi connectivity index (χ3v) is 5.28. The van der Waals surface area contributed by atoms with Crippen LogP contribution in [0.1, 0.15) is 27.6 Å². The summed E-state index contributed by atoms with van der Waals surface area (Å²) in [7, 11) is -3.11. The molecule has 174 valence electrons. The van der Waals surface area contributed by atoms with Crippen LogP contribution in [0.5, 0.6) is 11.5 Å². The van der Waals surface area contributed by atoms with E-state index in [-0.39, 0.29) is 11.1 Å². The Balaban J connectivity index is 2.07. The van der Waals surface area contributed by atoms with Crippen molar-refractivity contribution in [2.24, 2.45) is 0 Å². The zero-order valence-corrected chi connectivity index (χ0v) is 17.8. The highest BCUT2D eigenvalue weighted by Crippen LogP contribution is 2.28. The number of halogens is 3. The van der Waals surface area contributed by atoms with Crippen molar-refractivity contribution in [2.75, 3.05) is 20.3 Å². The highest BCUT2D eigenvalue weighted by Gasteiger charge is 2.30. The number of methoxy groups -OCH3 is 1. The van der Waals surface area contributed by atoms with Crippen LogP contribution in [0.25, 0.3) is 0 Å². The summed E-state index contributed by atoms with van der Waals surface area (Å²) < 4.78 is 72.8. The Hall–Kier alpha value is -3.32. The van der Waals surface area contributed by atoms with Gasteiger partial charge in [-0.15, -0.1) is 0 Å². The summed E-state index contributed by atoms with van der Waals surface area (Å²) in [6, 6.07) is 8.66. The van der Waals surface area contributed by atoms with Gasteiger partial charge in [0.2, 0.25) is 10.0 Å². The van der Waals surface area contributed by atoms with Crippen LogP contribution in [0.3, 0.4) is 0 Å². The van der Waals surface area contributed by atoms with Gasteiger partial charge in [0.1, 0.15) is 6.54 Å². The summed E-state index contributed by atoms with van der Waals surface area (Å²) in [5.41, 5.74) is 4.19. The zero-order chi connectivity index (χ0) is 23.9. The van der Waals surface area contributed by atoms with Gasteiger partial charge in [-0.2, -0.15) is 13.2 Å². The largest absolute Gasteiger partial charge is 0.493 e. The lowest BCUT2D eigenvalue weighted by Crippen LogP contribution is -2.41. The first kappa shape index (κ1) is 24.9. The minimum Gasteiger partial charge on any atom is -0.493 e. The fourth-order valence-corrected chi connectivity index (χ4v) is 3.47. The van der Waals surface area contributed by atoms with Gasteiger partial charge in [0.05, 0.1) is 18.6 Å². The highest BCUT2D eigenvalue weighted by molar-refractivity contribution is 7.89. The van der Waals surface area contributed by atoms with Crippen molar-refractivity contribution in [1.82, 2.24) is 15.6 Å². The molecule has 13 heteroatoms. The summed E-state index contributed by atoms with van der Waals surface area (Å²) in [5.74, 6) is -0.859. The smallest absolute Gasteiger partial charge is 0.402 e. The lowest BCUT2D eigenvalue weighted by atomic mass is 10.2. The minimum atomic E-state index is -4.74. The van der Waals surface area contributed by atoms with E-state index in [9.17, 15) is 31.2 Å². The van der Waals surface area contributed by atoms with Crippen molar-refractivity contribution >= 4 is 21.8 Å². The van der Waals surface area contributed by atoms with Gasteiger partial charge >= 0.3 is 6.18 Å². The van der Waals surface area contributed by atoms with Crippen LogP contribution in [0.15, 0.2) is 47.4 Å². The molecule has 0 fully saturated rings. The Morgan fingerprint density at radius 1 is 0.969 bits per heavy atom. The van der Waals surface area contributed by atoms with Gasteiger partial charge in [-0.1, -0.05) is 6.07 Å². The van der Waals surface area contributed by atoms with Crippen LogP contribution in [0, 0.1) is 0 Å². The first-order chi connectivity index (χ1) is 15.0. The SMILES string of the molecule is CCOc1ccc(C(=O)NNC(=O)c2cccc(S(=O)(=O)NCC(F)(F)F)c2)cc1OC. The number of hydrogen-bond donors (Lipinski definition) is 3. The molecule has 0 aliphatic rings. The number of amides is 2. The molecule has 0 aliphatic heterocycles. The van der Waals surface area contributed by atoms with Crippen molar-refractivity contribution in [3.63, 3.8) is 0 Å². The molecule has 0 aliphatic carbocycles. The van der Waals surface area contributed by atoms with E-state index in [1.807, 2.05) is 0 Å². The number of sulfonamides is 1. The molecule has 2 rings (SSSR count). The Morgan fingerprint density at radius 3 is 2.16 bits per heavy atom. The summed E-state index contributed by atoms with van der Waals surface area (Å²) in [5, 5.41) is 0. The first-order valence-electron chi connectivity index (χ1n) is 9.05. The number of nitrogens with one attached hydrogen (secondary N) is 3. The molecule has 0 bridgehead atoms. The summed E-state index contributed by atoms with van der Waals surface area (Å²) >= 11 is 0. The van der Waals surface area contributed by atoms with Crippen molar-refractivity contribution in [1.29, 1.82) is 0 Å². The number of benzene rings is 2. The Morgan fingerprint density at radius 2 is 1.59 bits per heavy atom.